The van der Waals surface area contributed by atoms with E-state index in [0.717, 1.165) is 18.4 Å². The molecule has 164 valence electrons. The van der Waals surface area contributed by atoms with Crippen LogP contribution in [0.25, 0.3) is 27.7 Å². The first-order valence-electron chi connectivity index (χ1n) is 8.86. The Morgan fingerprint density at radius 2 is 1.88 bits per heavy atom. The van der Waals surface area contributed by atoms with E-state index in [0.29, 0.717) is 16.5 Å². The van der Waals surface area contributed by atoms with E-state index in [-0.39, 0.29) is 21.4 Å². The predicted molar refractivity (Wildman–Crippen MR) is 117 cm³/mol. The number of fused-ring (bicyclic) bond motifs is 1. The molecule has 32 heavy (non-hydrogen) atoms. The second-order valence-electron chi connectivity index (χ2n) is 6.76. The number of carbonyl (C=O) groups is 1. The van der Waals surface area contributed by atoms with Crippen molar-refractivity contribution >= 4 is 50.0 Å². The standard InChI is InChI=1S/C20H12Cl2F2N4O3S/c1-32(30,31)27-20(29)12-8-14(21)17(9-15(12)23)28-16-5-4-10(7-13(16)18(22)26-28)11-3-2-6-25-19(11)24/h2-9H,1H3,(H,27,29). The molecule has 0 atom stereocenters. The molecule has 1 N–H and O–H groups in total. The first-order valence-corrected chi connectivity index (χ1v) is 11.5. The minimum Gasteiger partial charge on any atom is -0.268 e. The Bertz CT molecular complexity index is 1510. The van der Waals surface area contributed by atoms with Crippen LogP contribution in [0.15, 0.2) is 48.7 Å². The summed E-state index contributed by atoms with van der Waals surface area (Å²) in [5.74, 6) is -2.83. The molecule has 0 spiro atoms. The number of aromatic nitrogens is 3. The van der Waals surface area contributed by atoms with Crippen molar-refractivity contribution in [2.75, 3.05) is 6.26 Å². The topological polar surface area (TPSA) is 94.0 Å². The summed E-state index contributed by atoms with van der Waals surface area (Å²) < 4.78 is 54.2. The molecule has 0 saturated heterocycles. The van der Waals surface area contributed by atoms with Gasteiger partial charge in [0, 0.05) is 23.2 Å². The molecule has 1 amide bonds. The van der Waals surface area contributed by atoms with Gasteiger partial charge in [-0.25, -0.2) is 27.2 Å². The third-order valence-electron chi connectivity index (χ3n) is 4.49. The van der Waals surface area contributed by atoms with Gasteiger partial charge in [0.2, 0.25) is 16.0 Å². The first-order chi connectivity index (χ1) is 15.0. The maximum atomic E-state index is 14.6. The Labute approximate surface area is 190 Å². The predicted octanol–water partition coefficient (Wildman–Crippen LogP) is 4.36. The van der Waals surface area contributed by atoms with Gasteiger partial charge in [0.05, 0.1) is 28.0 Å². The highest BCUT2D eigenvalue weighted by molar-refractivity contribution is 7.89. The molecule has 0 saturated carbocycles. The summed E-state index contributed by atoms with van der Waals surface area (Å²) >= 11 is 12.5. The van der Waals surface area contributed by atoms with E-state index in [4.69, 9.17) is 23.2 Å². The second-order valence-corrected chi connectivity index (χ2v) is 9.28. The molecule has 2 aromatic heterocycles. The van der Waals surface area contributed by atoms with E-state index in [1.54, 1.807) is 35.1 Å². The molecule has 0 radical (unpaired) electrons. The summed E-state index contributed by atoms with van der Waals surface area (Å²) in [7, 11) is -3.89. The van der Waals surface area contributed by atoms with Gasteiger partial charge < -0.3 is 0 Å². The number of sulfonamides is 1. The zero-order valence-corrected chi connectivity index (χ0v) is 18.4. The number of rotatable bonds is 4. The SMILES string of the molecule is CS(=O)(=O)NC(=O)c1cc(Cl)c(-n2nc(Cl)c3cc(-c4cccnc4F)ccc32)cc1F. The Kier molecular flexibility index (Phi) is 5.61. The number of benzene rings is 2. The number of hydrogen-bond donors (Lipinski definition) is 1. The molecular weight excluding hydrogens is 485 g/mol. The largest absolute Gasteiger partial charge is 0.268 e. The van der Waals surface area contributed by atoms with Gasteiger partial charge >= 0.3 is 0 Å². The molecule has 0 unspecified atom stereocenters. The summed E-state index contributed by atoms with van der Waals surface area (Å²) in [5, 5.41) is 4.61. The molecule has 0 aliphatic carbocycles. The quantitative estimate of drug-likeness (QED) is 0.423. The van der Waals surface area contributed by atoms with Gasteiger partial charge in [-0.15, -0.1) is 0 Å². The lowest BCUT2D eigenvalue weighted by Gasteiger charge is -2.10. The molecular formula is C20H12Cl2F2N4O3S. The molecule has 2 heterocycles. The number of nitrogens with zero attached hydrogens (tertiary/aromatic N) is 3. The molecule has 7 nitrogen and oxygen atoms in total. The molecule has 0 aliphatic rings. The lowest BCUT2D eigenvalue weighted by molar-refractivity contribution is 0.0978. The fourth-order valence-electron chi connectivity index (χ4n) is 3.13. The van der Waals surface area contributed by atoms with Crippen LogP contribution in [-0.2, 0) is 10.0 Å². The maximum Gasteiger partial charge on any atom is 0.267 e. The molecule has 0 fully saturated rings. The third-order valence-corrected chi connectivity index (χ3v) is 5.63. The van der Waals surface area contributed by atoms with E-state index in [1.165, 1.54) is 10.9 Å². The second kappa shape index (κ2) is 8.12. The number of carbonyl (C=O) groups excluding carboxylic acids is 1. The van der Waals surface area contributed by atoms with Gasteiger partial charge in [0.15, 0.2) is 5.15 Å². The summed E-state index contributed by atoms with van der Waals surface area (Å²) in [6.45, 7) is 0. The van der Waals surface area contributed by atoms with Gasteiger partial charge in [-0.2, -0.15) is 9.49 Å². The van der Waals surface area contributed by atoms with E-state index in [2.05, 4.69) is 10.1 Å². The molecule has 0 bridgehead atoms. The Morgan fingerprint density at radius 1 is 1.12 bits per heavy atom. The smallest absolute Gasteiger partial charge is 0.267 e. The van der Waals surface area contributed by atoms with Crippen molar-refractivity contribution in [1.29, 1.82) is 0 Å². The average molecular weight is 497 g/mol. The Balaban J connectivity index is 1.81. The highest BCUT2D eigenvalue weighted by Crippen LogP contribution is 2.33. The van der Waals surface area contributed by atoms with Crippen LogP contribution in [0.3, 0.4) is 0 Å². The molecule has 0 aliphatic heterocycles. The molecule has 4 rings (SSSR count). The minimum atomic E-state index is -3.89. The summed E-state index contributed by atoms with van der Waals surface area (Å²) in [5.41, 5.74) is 0.731. The first kappa shape index (κ1) is 22.1. The normalized spacial score (nSPS) is 11.7. The average Bonchev–Trinajstić information content (AvgIpc) is 3.04. The number of amides is 1. The fraction of sp³-hybridized carbons (Fsp3) is 0.0500. The van der Waals surface area contributed by atoms with Crippen LogP contribution < -0.4 is 4.72 Å². The van der Waals surface area contributed by atoms with Gasteiger partial charge in [-0.05, 0) is 35.9 Å². The van der Waals surface area contributed by atoms with E-state index < -0.39 is 33.3 Å². The number of halogens is 4. The highest BCUT2D eigenvalue weighted by atomic mass is 35.5. The summed E-state index contributed by atoms with van der Waals surface area (Å²) in [6.07, 6.45) is 2.10. The molecule has 2 aromatic carbocycles. The summed E-state index contributed by atoms with van der Waals surface area (Å²) in [4.78, 5) is 15.7. The van der Waals surface area contributed by atoms with Crippen LogP contribution >= 0.6 is 23.2 Å². The van der Waals surface area contributed by atoms with Gasteiger partial charge in [-0.1, -0.05) is 29.3 Å². The fourth-order valence-corrected chi connectivity index (χ4v) is 4.05. The molecule has 12 heteroatoms. The lowest BCUT2D eigenvalue weighted by Crippen LogP contribution is -2.30. The van der Waals surface area contributed by atoms with Crippen LogP contribution in [0.1, 0.15) is 10.4 Å². The minimum absolute atomic E-state index is 0.0570. The lowest BCUT2D eigenvalue weighted by atomic mass is 10.1. The number of hydrogen-bond acceptors (Lipinski definition) is 5. The number of nitrogens with one attached hydrogen (secondary N) is 1. The highest BCUT2D eigenvalue weighted by Gasteiger charge is 2.21. The van der Waals surface area contributed by atoms with Crippen molar-refractivity contribution in [3.05, 3.63) is 76.2 Å². The monoisotopic (exact) mass is 496 g/mol. The van der Waals surface area contributed by atoms with Crippen molar-refractivity contribution in [3.8, 4) is 16.8 Å². The van der Waals surface area contributed by atoms with E-state index >= 15 is 0 Å². The summed E-state index contributed by atoms with van der Waals surface area (Å²) in [6, 6.07) is 9.93. The van der Waals surface area contributed by atoms with Gasteiger partial charge in [-0.3, -0.25) is 4.79 Å². The Hall–Kier alpha value is -3.08. The van der Waals surface area contributed by atoms with E-state index in [1.807, 2.05) is 0 Å². The van der Waals surface area contributed by atoms with Crippen LogP contribution in [-0.4, -0.2) is 35.3 Å². The van der Waals surface area contributed by atoms with Crippen LogP contribution in [0.4, 0.5) is 8.78 Å². The maximum absolute atomic E-state index is 14.6. The van der Waals surface area contributed by atoms with E-state index in [9.17, 15) is 22.0 Å². The molecule has 4 aromatic rings. The van der Waals surface area contributed by atoms with Crippen LogP contribution in [0.5, 0.6) is 0 Å². The van der Waals surface area contributed by atoms with Gasteiger partial charge in [0.25, 0.3) is 5.91 Å². The van der Waals surface area contributed by atoms with Crippen molar-refractivity contribution in [2.24, 2.45) is 0 Å². The zero-order chi connectivity index (χ0) is 23.2. The van der Waals surface area contributed by atoms with Crippen molar-refractivity contribution < 1.29 is 22.0 Å². The van der Waals surface area contributed by atoms with Crippen molar-refractivity contribution in [2.45, 2.75) is 0 Å². The van der Waals surface area contributed by atoms with Crippen molar-refractivity contribution in [1.82, 2.24) is 19.5 Å². The van der Waals surface area contributed by atoms with Crippen LogP contribution in [0.2, 0.25) is 10.2 Å². The van der Waals surface area contributed by atoms with Crippen LogP contribution in [0, 0.1) is 11.8 Å². The Morgan fingerprint density at radius 3 is 2.56 bits per heavy atom. The zero-order valence-electron chi connectivity index (χ0n) is 16.1. The van der Waals surface area contributed by atoms with Crippen molar-refractivity contribution in [3.63, 3.8) is 0 Å². The van der Waals surface area contributed by atoms with Gasteiger partial charge in [0.1, 0.15) is 5.82 Å². The number of pyridine rings is 1. The third kappa shape index (κ3) is 4.16.